The van der Waals surface area contributed by atoms with Crippen molar-refractivity contribution in [3.63, 3.8) is 0 Å². The summed E-state index contributed by atoms with van der Waals surface area (Å²) in [4.78, 5) is 23.3. The van der Waals surface area contributed by atoms with E-state index >= 15 is 0 Å². The molecule has 2 aromatic heterocycles. The average Bonchev–Trinajstić information content (AvgIpc) is 3.16. The van der Waals surface area contributed by atoms with Crippen molar-refractivity contribution in [2.24, 2.45) is 0 Å². The molecule has 1 fully saturated rings. The smallest absolute Gasteiger partial charge is 0.257 e. The lowest BCUT2D eigenvalue weighted by Gasteiger charge is -2.32. The highest BCUT2D eigenvalue weighted by Gasteiger charge is 2.28. The number of nitrogens with zero attached hydrogens (tertiary/aromatic N) is 4. The summed E-state index contributed by atoms with van der Waals surface area (Å²) in [6.07, 6.45) is 9.19. The van der Waals surface area contributed by atoms with Crippen molar-refractivity contribution < 1.29 is 9.90 Å². The molecule has 1 amide bonds. The molecule has 6 heteroatoms. The van der Waals surface area contributed by atoms with E-state index in [0.717, 1.165) is 30.8 Å². The third kappa shape index (κ3) is 3.76. The number of imidazole rings is 1. The van der Waals surface area contributed by atoms with Crippen LogP contribution in [0.25, 0.3) is 0 Å². The lowest BCUT2D eigenvalue weighted by atomic mass is 9.95. The van der Waals surface area contributed by atoms with E-state index in [1.807, 2.05) is 42.4 Å². The van der Waals surface area contributed by atoms with Gasteiger partial charge in [0, 0.05) is 50.3 Å². The van der Waals surface area contributed by atoms with E-state index in [-0.39, 0.29) is 11.7 Å². The number of carbonyl (C=O) groups excluding carboxylic acids is 1. The Balaban J connectivity index is 1.42. The highest BCUT2D eigenvalue weighted by Crippen LogP contribution is 2.29. The number of hydrogen-bond acceptors (Lipinski definition) is 4. The van der Waals surface area contributed by atoms with Crippen LogP contribution in [0.1, 0.15) is 46.1 Å². The first kappa shape index (κ1) is 18.2. The topological polar surface area (TPSA) is 71.2 Å². The fourth-order valence-corrected chi connectivity index (χ4v) is 3.83. The number of carbonyl (C=O) groups is 1. The molecule has 1 aliphatic heterocycles. The predicted octanol–water partition coefficient (Wildman–Crippen LogP) is 3.36. The molecule has 1 aliphatic rings. The Bertz CT molecular complexity index is 960. The first-order valence-electron chi connectivity index (χ1n) is 9.60. The molecule has 6 nitrogen and oxygen atoms in total. The van der Waals surface area contributed by atoms with Gasteiger partial charge in [-0.3, -0.25) is 9.78 Å². The number of likely N-dealkylation sites (tertiary alicyclic amines) is 1. The molecule has 0 unspecified atom stereocenters. The zero-order valence-electron chi connectivity index (χ0n) is 16.0. The van der Waals surface area contributed by atoms with E-state index in [1.165, 1.54) is 5.56 Å². The van der Waals surface area contributed by atoms with Gasteiger partial charge in [-0.25, -0.2) is 4.98 Å². The van der Waals surface area contributed by atoms with Crippen LogP contribution in [0.5, 0.6) is 5.75 Å². The Morgan fingerprint density at radius 1 is 1.14 bits per heavy atom. The fourth-order valence-electron chi connectivity index (χ4n) is 3.83. The average molecular weight is 376 g/mol. The summed E-state index contributed by atoms with van der Waals surface area (Å²) in [5.41, 5.74) is 2.51. The number of aromatic nitrogens is 3. The molecular formula is C22H24N4O2. The van der Waals surface area contributed by atoms with Crippen LogP contribution in [0, 0.1) is 6.92 Å². The summed E-state index contributed by atoms with van der Waals surface area (Å²) >= 11 is 0. The molecule has 0 spiro atoms. The summed E-state index contributed by atoms with van der Waals surface area (Å²) in [5, 5.41) is 10.1. The molecule has 4 rings (SSSR count). The highest BCUT2D eigenvalue weighted by atomic mass is 16.3. The van der Waals surface area contributed by atoms with E-state index < -0.39 is 0 Å². The van der Waals surface area contributed by atoms with Crippen LogP contribution >= 0.6 is 0 Å². The lowest BCUT2D eigenvalue weighted by molar-refractivity contribution is 0.0707. The number of phenolic OH excluding ortho intramolecular Hbond substituents is 1. The maximum absolute atomic E-state index is 12.8. The quantitative estimate of drug-likeness (QED) is 0.758. The molecular weight excluding hydrogens is 352 g/mol. The third-order valence-corrected chi connectivity index (χ3v) is 5.38. The molecule has 0 saturated carbocycles. The van der Waals surface area contributed by atoms with E-state index in [2.05, 4.69) is 14.5 Å². The third-order valence-electron chi connectivity index (χ3n) is 5.38. The van der Waals surface area contributed by atoms with Gasteiger partial charge in [0.1, 0.15) is 11.6 Å². The van der Waals surface area contributed by atoms with Crippen molar-refractivity contribution >= 4 is 5.91 Å². The fraction of sp³-hybridized carbons (Fsp3) is 0.318. The Labute approximate surface area is 164 Å². The molecule has 0 atom stereocenters. The summed E-state index contributed by atoms with van der Waals surface area (Å²) in [6.45, 7) is 4.00. The first-order chi connectivity index (χ1) is 13.6. The number of amides is 1. The Morgan fingerprint density at radius 2 is 1.89 bits per heavy atom. The second kappa shape index (κ2) is 7.84. The normalized spacial score (nSPS) is 15.0. The standard InChI is InChI=1S/C22H24N4O2/c1-16-2-3-19(20(27)14-16)22(28)25-11-6-18(7-12-25)21-24-10-13-26(21)15-17-4-8-23-9-5-17/h2-5,8-10,13-14,18,27H,6-7,11-12,15H2,1H3. The number of benzene rings is 1. The minimum absolute atomic E-state index is 0.0556. The van der Waals surface area contributed by atoms with E-state index in [0.29, 0.717) is 24.6 Å². The molecule has 1 aromatic carbocycles. The molecule has 144 valence electrons. The van der Waals surface area contributed by atoms with Crippen LogP contribution in [0.2, 0.25) is 0 Å². The van der Waals surface area contributed by atoms with Gasteiger partial charge in [0.15, 0.2) is 0 Å². The van der Waals surface area contributed by atoms with Gasteiger partial charge in [-0.05, 0) is 55.2 Å². The maximum Gasteiger partial charge on any atom is 0.257 e. The summed E-state index contributed by atoms with van der Waals surface area (Å²) in [5.74, 6) is 1.35. The van der Waals surface area contributed by atoms with Gasteiger partial charge in [0.05, 0.1) is 5.56 Å². The van der Waals surface area contributed by atoms with E-state index in [4.69, 9.17) is 0 Å². The Kier molecular flexibility index (Phi) is 5.10. The summed E-state index contributed by atoms with van der Waals surface area (Å²) in [7, 11) is 0. The van der Waals surface area contributed by atoms with Crippen LogP contribution in [0.4, 0.5) is 0 Å². The second-order valence-corrected chi connectivity index (χ2v) is 7.36. The van der Waals surface area contributed by atoms with Crippen molar-refractivity contribution in [3.05, 3.63) is 77.6 Å². The second-order valence-electron chi connectivity index (χ2n) is 7.36. The van der Waals surface area contributed by atoms with Gasteiger partial charge in [-0.2, -0.15) is 0 Å². The minimum Gasteiger partial charge on any atom is -0.507 e. The van der Waals surface area contributed by atoms with Crippen LogP contribution in [-0.4, -0.2) is 43.5 Å². The largest absolute Gasteiger partial charge is 0.507 e. The van der Waals surface area contributed by atoms with Crippen molar-refractivity contribution in [1.29, 1.82) is 0 Å². The van der Waals surface area contributed by atoms with Crippen molar-refractivity contribution in [3.8, 4) is 5.75 Å². The highest BCUT2D eigenvalue weighted by molar-refractivity contribution is 5.97. The van der Waals surface area contributed by atoms with Gasteiger partial charge >= 0.3 is 0 Å². The van der Waals surface area contributed by atoms with Crippen LogP contribution < -0.4 is 0 Å². The molecule has 3 aromatic rings. The van der Waals surface area contributed by atoms with Crippen LogP contribution in [-0.2, 0) is 6.54 Å². The minimum atomic E-state index is -0.101. The van der Waals surface area contributed by atoms with Gasteiger partial charge in [-0.15, -0.1) is 0 Å². The first-order valence-corrected chi connectivity index (χ1v) is 9.60. The number of aromatic hydroxyl groups is 1. The molecule has 1 N–H and O–H groups in total. The van der Waals surface area contributed by atoms with Crippen LogP contribution in [0.15, 0.2) is 55.1 Å². The number of aryl methyl sites for hydroxylation is 1. The molecule has 0 radical (unpaired) electrons. The molecule has 0 bridgehead atoms. The van der Waals surface area contributed by atoms with Gasteiger partial charge in [0.25, 0.3) is 5.91 Å². The van der Waals surface area contributed by atoms with Crippen molar-refractivity contribution in [2.45, 2.75) is 32.2 Å². The maximum atomic E-state index is 12.8. The van der Waals surface area contributed by atoms with Crippen molar-refractivity contribution in [1.82, 2.24) is 19.4 Å². The number of rotatable bonds is 4. The van der Waals surface area contributed by atoms with Crippen molar-refractivity contribution in [2.75, 3.05) is 13.1 Å². The lowest BCUT2D eigenvalue weighted by Crippen LogP contribution is -2.38. The Hall–Kier alpha value is -3.15. The number of piperidine rings is 1. The summed E-state index contributed by atoms with van der Waals surface area (Å²) in [6, 6.07) is 9.23. The van der Waals surface area contributed by atoms with E-state index in [1.54, 1.807) is 24.5 Å². The molecule has 28 heavy (non-hydrogen) atoms. The molecule has 1 saturated heterocycles. The molecule has 0 aliphatic carbocycles. The SMILES string of the molecule is Cc1ccc(C(=O)N2CCC(c3nccn3Cc3ccncc3)CC2)c(O)c1. The number of hydrogen-bond donors (Lipinski definition) is 1. The number of pyridine rings is 1. The zero-order chi connectivity index (χ0) is 19.5. The van der Waals surface area contributed by atoms with Gasteiger partial charge in [-0.1, -0.05) is 6.07 Å². The summed E-state index contributed by atoms with van der Waals surface area (Å²) < 4.78 is 2.18. The Morgan fingerprint density at radius 3 is 2.61 bits per heavy atom. The predicted molar refractivity (Wildman–Crippen MR) is 106 cm³/mol. The zero-order valence-corrected chi connectivity index (χ0v) is 16.0. The monoisotopic (exact) mass is 376 g/mol. The van der Waals surface area contributed by atoms with Gasteiger partial charge < -0.3 is 14.6 Å². The van der Waals surface area contributed by atoms with E-state index in [9.17, 15) is 9.90 Å². The number of phenols is 1. The van der Waals surface area contributed by atoms with Gasteiger partial charge in [0.2, 0.25) is 0 Å². The van der Waals surface area contributed by atoms with Crippen LogP contribution in [0.3, 0.4) is 0 Å². The molecule has 3 heterocycles.